The summed E-state index contributed by atoms with van der Waals surface area (Å²) < 4.78 is 28.7. The highest BCUT2D eigenvalue weighted by molar-refractivity contribution is 7.89. The average Bonchev–Trinajstić information content (AvgIpc) is 3.03. The largest absolute Gasteiger partial charge is 0.469 e. The summed E-state index contributed by atoms with van der Waals surface area (Å²) in [6.45, 7) is 0.690. The van der Waals surface area contributed by atoms with Gasteiger partial charge in [0.2, 0.25) is 10.0 Å². The van der Waals surface area contributed by atoms with Crippen LogP contribution in [0.4, 0.5) is 0 Å². The van der Waals surface area contributed by atoms with E-state index < -0.39 is 10.0 Å². The SMILES string of the molecule is COC(=O)C1CCN(C(=O)c2cc(S(N)(=O)=O)cn2C)C1. The lowest BCUT2D eigenvalue weighted by molar-refractivity contribution is -0.144. The van der Waals surface area contributed by atoms with Crippen LogP contribution in [0.1, 0.15) is 16.9 Å². The number of amides is 1. The van der Waals surface area contributed by atoms with E-state index in [9.17, 15) is 18.0 Å². The minimum absolute atomic E-state index is 0.114. The minimum Gasteiger partial charge on any atom is -0.469 e. The first-order valence-corrected chi connectivity index (χ1v) is 7.85. The molecule has 1 saturated heterocycles. The summed E-state index contributed by atoms with van der Waals surface area (Å²) in [4.78, 5) is 25.2. The number of aryl methyl sites for hydroxylation is 1. The first-order chi connectivity index (χ1) is 9.74. The fourth-order valence-corrected chi connectivity index (χ4v) is 2.95. The molecule has 0 radical (unpaired) electrons. The number of carbonyl (C=O) groups is 2. The standard InChI is InChI=1S/C12H17N3O5S/c1-14-7-9(21(13,18)19)5-10(14)11(16)15-4-3-8(6-15)12(17)20-2/h5,7-8H,3-4,6H2,1-2H3,(H2,13,18,19). The smallest absolute Gasteiger partial charge is 0.310 e. The summed E-state index contributed by atoms with van der Waals surface area (Å²) >= 11 is 0. The van der Waals surface area contributed by atoms with Gasteiger partial charge in [-0.05, 0) is 12.5 Å². The number of likely N-dealkylation sites (tertiary alicyclic amines) is 1. The van der Waals surface area contributed by atoms with E-state index in [1.165, 1.54) is 28.8 Å². The molecule has 2 N–H and O–H groups in total. The van der Waals surface area contributed by atoms with E-state index in [1.807, 2.05) is 0 Å². The number of nitrogens with two attached hydrogens (primary N) is 1. The van der Waals surface area contributed by atoms with Gasteiger partial charge in [-0.2, -0.15) is 0 Å². The van der Waals surface area contributed by atoms with Crippen LogP contribution in [0.3, 0.4) is 0 Å². The van der Waals surface area contributed by atoms with E-state index in [-0.39, 0.29) is 34.9 Å². The van der Waals surface area contributed by atoms with Gasteiger partial charge in [0.1, 0.15) is 10.6 Å². The summed E-state index contributed by atoms with van der Waals surface area (Å²) in [7, 11) is -0.982. The summed E-state index contributed by atoms with van der Waals surface area (Å²) in [5.41, 5.74) is 0.213. The van der Waals surface area contributed by atoms with Crippen molar-refractivity contribution in [3.8, 4) is 0 Å². The van der Waals surface area contributed by atoms with E-state index in [0.717, 1.165) is 0 Å². The van der Waals surface area contributed by atoms with Crippen LogP contribution < -0.4 is 5.14 Å². The Kier molecular flexibility index (Phi) is 4.06. The third kappa shape index (κ3) is 3.08. The number of ether oxygens (including phenoxy) is 1. The average molecular weight is 315 g/mol. The Balaban J connectivity index is 2.19. The molecular weight excluding hydrogens is 298 g/mol. The van der Waals surface area contributed by atoms with E-state index in [1.54, 1.807) is 7.05 Å². The van der Waals surface area contributed by atoms with Crippen LogP contribution in [-0.4, -0.2) is 50.0 Å². The third-order valence-corrected chi connectivity index (χ3v) is 4.42. The van der Waals surface area contributed by atoms with Gasteiger partial charge in [-0.25, -0.2) is 13.6 Å². The molecule has 8 nitrogen and oxygen atoms in total. The molecule has 0 aliphatic carbocycles. The second-order valence-corrected chi connectivity index (χ2v) is 6.54. The zero-order valence-electron chi connectivity index (χ0n) is 11.8. The Morgan fingerprint density at radius 2 is 2.10 bits per heavy atom. The van der Waals surface area contributed by atoms with Crippen LogP contribution in [0.5, 0.6) is 0 Å². The number of rotatable bonds is 3. The first-order valence-electron chi connectivity index (χ1n) is 6.30. The van der Waals surface area contributed by atoms with Crippen LogP contribution in [0.15, 0.2) is 17.2 Å². The number of hydrogen-bond donors (Lipinski definition) is 1. The van der Waals surface area contributed by atoms with Crippen LogP contribution in [0, 0.1) is 5.92 Å². The number of sulfonamides is 1. The Morgan fingerprint density at radius 1 is 1.43 bits per heavy atom. The van der Waals surface area contributed by atoms with Crippen molar-refractivity contribution < 1.29 is 22.7 Å². The molecule has 9 heteroatoms. The molecular formula is C12H17N3O5S. The van der Waals surface area contributed by atoms with E-state index in [0.29, 0.717) is 13.0 Å². The molecule has 0 bridgehead atoms. The van der Waals surface area contributed by atoms with Crippen LogP contribution in [0.25, 0.3) is 0 Å². The summed E-state index contributed by atoms with van der Waals surface area (Å²) in [6.07, 6.45) is 1.82. The second-order valence-electron chi connectivity index (χ2n) is 4.98. The number of hydrogen-bond acceptors (Lipinski definition) is 5. The van der Waals surface area contributed by atoms with E-state index in [4.69, 9.17) is 5.14 Å². The van der Waals surface area contributed by atoms with Crippen molar-refractivity contribution >= 4 is 21.9 Å². The van der Waals surface area contributed by atoms with Crippen molar-refractivity contribution in [2.75, 3.05) is 20.2 Å². The topological polar surface area (TPSA) is 112 Å². The normalized spacial score (nSPS) is 18.8. The summed E-state index contributed by atoms with van der Waals surface area (Å²) in [6, 6.07) is 1.24. The van der Waals surface area contributed by atoms with Gasteiger partial charge in [-0.3, -0.25) is 9.59 Å². The second kappa shape index (κ2) is 5.49. The lowest BCUT2D eigenvalue weighted by Crippen LogP contribution is -2.31. The summed E-state index contributed by atoms with van der Waals surface area (Å²) in [5.74, 6) is -1.02. The quantitative estimate of drug-likeness (QED) is 0.742. The molecule has 21 heavy (non-hydrogen) atoms. The molecule has 1 aromatic rings. The summed E-state index contributed by atoms with van der Waals surface area (Å²) in [5, 5.41) is 5.05. The molecule has 1 aliphatic heterocycles. The van der Waals surface area contributed by atoms with E-state index in [2.05, 4.69) is 4.74 Å². The van der Waals surface area contributed by atoms with Gasteiger partial charge in [0.05, 0.1) is 13.0 Å². The fourth-order valence-electron chi connectivity index (χ4n) is 2.37. The highest BCUT2D eigenvalue weighted by Crippen LogP contribution is 2.21. The van der Waals surface area contributed by atoms with Gasteiger partial charge < -0.3 is 14.2 Å². The van der Waals surface area contributed by atoms with Gasteiger partial charge in [0.25, 0.3) is 5.91 Å². The molecule has 1 amide bonds. The maximum absolute atomic E-state index is 12.4. The van der Waals surface area contributed by atoms with Crippen molar-refractivity contribution in [2.24, 2.45) is 18.1 Å². The maximum atomic E-state index is 12.4. The molecule has 1 unspecified atom stereocenters. The van der Waals surface area contributed by atoms with Gasteiger partial charge >= 0.3 is 5.97 Å². The molecule has 0 saturated carbocycles. The number of nitrogens with zero attached hydrogens (tertiary/aromatic N) is 2. The zero-order valence-corrected chi connectivity index (χ0v) is 12.6. The van der Waals surface area contributed by atoms with Crippen LogP contribution >= 0.6 is 0 Å². The van der Waals surface area contributed by atoms with Gasteiger partial charge in [0, 0.05) is 26.3 Å². The predicted molar refractivity (Wildman–Crippen MR) is 72.8 cm³/mol. The Hall–Kier alpha value is -1.87. The molecule has 2 rings (SSSR count). The zero-order chi connectivity index (χ0) is 15.8. The number of primary sulfonamides is 1. The van der Waals surface area contributed by atoms with Crippen molar-refractivity contribution in [2.45, 2.75) is 11.3 Å². The lowest BCUT2D eigenvalue weighted by Gasteiger charge is -2.16. The molecule has 0 spiro atoms. The highest BCUT2D eigenvalue weighted by atomic mass is 32.2. The predicted octanol–water partition coefficient (Wildman–Crippen LogP) is -0.692. The molecule has 0 aromatic carbocycles. The molecule has 1 aromatic heterocycles. The fraction of sp³-hybridized carbons (Fsp3) is 0.500. The molecule has 1 fully saturated rings. The van der Waals surface area contributed by atoms with Crippen molar-refractivity contribution in [1.82, 2.24) is 9.47 Å². The molecule has 116 valence electrons. The van der Waals surface area contributed by atoms with Gasteiger partial charge in [0.15, 0.2) is 0 Å². The van der Waals surface area contributed by atoms with Crippen LogP contribution in [0.2, 0.25) is 0 Å². The number of carbonyl (C=O) groups excluding carboxylic acids is 2. The van der Waals surface area contributed by atoms with E-state index >= 15 is 0 Å². The molecule has 1 aliphatic rings. The lowest BCUT2D eigenvalue weighted by atomic mass is 10.1. The molecule has 1 atom stereocenters. The Morgan fingerprint density at radius 3 is 2.62 bits per heavy atom. The Bertz CT molecular complexity index is 679. The van der Waals surface area contributed by atoms with Gasteiger partial charge in [-0.15, -0.1) is 0 Å². The number of methoxy groups -OCH3 is 1. The van der Waals surface area contributed by atoms with Crippen molar-refractivity contribution in [3.05, 3.63) is 18.0 Å². The van der Waals surface area contributed by atoms with Crippen molar-refractivity contribution in [1.29, 1.82) is 0 Å². The number of aromatic nitrogens is 1. The van der Waals surface area contributed by atoms with Gasteiger partial charge in [-0.1, -0.05) is 0 Å². The highest BCUT2D eigenvalue weighted by Gasteiger charge is 2.33. The van der Waals surface area contributed by atoms with Crippen molar-refractivity contribution in [3.63, 3.8) is 0 Å². The Labute approximate surface area is 122 Å². The molecule has 2 heterocycles. The van der Waals surface area contributed by atoms with Crippen LogP contribution in [-0.2, 0) is 26.6 Å². The minimum atomic E-state index is -3.86. The number of esters is 1. The monoisotopic (exact) mass is 315 g/mol. The third-order valence-electron chi connectivity index (χ3n) is 3.54. The maximum Gasteiger partial charge on any atom is 0.310 e. The first kappa shape index (κ1) is 15.5.